The molecule has 0 heterocycles. The molecule has 1 aromatic carbocycles. The zero-order chi connectivity index (χ0) is 8.27. The zero-order valence-electron chi connectivity index (χ0n) is 6.20. The fourth-order valence-corrected chi connectivity index (χ4v) is 0.884. The summed E-state index contributed by atoms with van der Waals surface area (Å²) >= 11 is 0. The van der Waals surface area contributed by atoms with Gasteiger partial charge < -0.3 is 10.5 Å². The average molecular weight is 151 g/mol. The first kappa shape index (κ1) is 7.60. The van der Waals surface area contributed by atoms with Crippen LogP contribution in [0.2, 0.25) is 0 Å². The Morgan fingerprint density at radius 2 is 2.27 bits per heavy atom. The number of carbonyl (C=O) groups excluding carboxylic acids is 1. The highest BCUT2D eigenvalue weighted by Gasteiger charge is 2.01. The molecule has 11 heavy (non-hydrogen) atoms. The lowest BCUT2D eigenvalue weighted by molar-refractivity contribution is -0.120. The van der Waals surface area contributed by atoms with Crippen molar-refractivity contribution in [3.8, 4) is 5.75 Å². The van der Waals surface area contributed by atoms with Crippen LogP contribution >= 0.6 is 0 Å². The van der Waals surface area contributed by atoms with Crippen LogP contribution in [0, 0.1) is 6.92 Å². The highest BCUT2D eigenvalue weighted by molar-refractivity contribution is 5.61. The third kappa shape index (κ3) is 1.49. The van der Waals surface area contributed by atoms with Crippen LogP contribution in [0.4, 0.5) is 5.69 Å². The number of carbonyl (C=O) groups is 1. The van der Waals surface area contributed by atoms with Crippen molar-refractivity contribution in [1.82, 2.24) is 0 Å². The largest absolute Gasteiger partial charge is 0.426 e. The van der Waals surface area contributed by atoms with E-state index in [1.807, 2.05) is 19.1 Å². The van der Waals surface area contributed by atoms with Gasteiger partial charge in [0.2, 0.25) is 0 Å². The minimum Gasteiger partial charge on any atom is -0.426 e. The van der Waals surface area contributed by atoms with E-state index in [1.165, 1.54) is 0 Å². The van der Waals surface area contributed by atoms with Crippen LogP contribution < -0.4 is 10.5 Å². The predicted octanol–water partition coefficient (Wildman–Crippen LogP) is 1.11. The molecule has 3 nitrogen and oxygen atoms in total. The summed E-state index contributed by atoms with van der Waals surface area (Å²) in [4.78, 5) is 10.0. The lowest BCUT2D eigenvalue weighted by Gasteiger charge is -2.04. The number of nitrogens with two attached hydrogens (primary N) is 1. The normalized spacial score (nSPS) is 9.18. The van der Waals surface area contributed by atoms with E-state index in [-0.39, 0.29) is 0 Å². The van der Waals surface area contributed by atoms with Crippen molar-refractivity contribution in [3.05, 3.63) is 23.8 Å². The summed E-state index contributed by atoms with van der Waals surface area (Å²) < 4.78 is 4.66. The highest BCUT2D eigenvalue weighted by atomic mass is 16.5. The number of rotatable bonds is 2. The molecule has 0 aliphatic heterocycles. The maximum absolute atomic E-state index is 10.0. The summed E-state index contributed by atoms with van der Waals surface area (Å²) in [5.41, 5.74) is 6.87. The summed E-state index contributed by atoms with van der Waals surface area (Å²) in [6, 6.07) is 5.32. The van der Waals surface area contributed by atoms with Crippen LogP contribution in [0.3, 0.4) is 0 Å². The van der Waals surface area contributed by atoms with Crippen molar-refractivity contribution < 1.29 is 9.53 Å². The molecule has 0 saturated heterocycles. The van der Waals surface area contributed by atoms with E-state index in [0.717, 1.165) is 5.56 Å². The van der Waals surface area contributed by atoms with Crippen molar-refractivity contribution in [2.45, 2.75) is 6.92 Å². The highest BCUT2D eigenvalue weighted by Crippen LogP contribution is 2.24. The van der Waals surface area contributed by atoms with Gasteiger partial charge in [-0.25, -0.2) is 0 Å². The Bertz CT molecular complexity index is 251. The van der Waals surface area contributed by atoms with Crippen LogP contribution in [0.5, 0.6) is 5.75 Å². The van der Waals surface area contributed by atoms with Gasteiger partial charge in [0.1, 0.15) is 0 Å². The number of nitrogen functional groups attached to an aromatic ring is 1. The molecule has 0 aliphatic carbocycles. The number of ether oxygens (including phenoxy) is 1. The molecular formula is C8H9NO2. The Labute approximate surface area is 64.8 Å². The first-order chi connectivity index (χ1) is 5.25. The van der Waals surface area contributed by atoms with E-state index in [0.29, 0.717) is 17.9 Å². The first-order valence-electron chi connectivity index (χ1n) is 3.21. The van der Waals surface area contributed by atoms with E-state index >= 15 is 0 Å². The van der Waals surface area contributed by atoms with Crippen LogP contribution in [0.1, 0.15) is 5.56 Å². The van der Waals surface area contributed by atoms with Gasteiger partial charge in [-0.05, 0) is 18.6 Å². The topological polar surface area (TPSA) is 52.3 Å². The summed E-state index contributed by atoms with van der Waals surface area (Å²) in [6.07, 6.45) is 0. The SMILES string of the molecule is Cc1cccc(N)c1OC=O. The van der Waals surface area contributed by atoms with Gasteiger partial charge in [-0.3, -0.25) is 4.79 Å². The maximum Gasteiger partial charge on any atom is 0.298 e. The molecule has 0 aromatic heterocycles. The Kier molecular flexibility index (Phi) is 2.11. The lowest BCUT2D eigenvalue weighted by atomic mass is 10.2. The van der Waals surface area contributed by atoms with Gasteiger partial charge in [-0.2, -0.15) is 0 Å². The zero-order valence-corrected chi connectivity index (χ0v) is 6.20. The van der Waals surface area contributed by atoms with Crippen LogP contribution in [-0.2, 0) is 4.79 Å². The molecule has 1 rings (SSSR count). The number of hydrogen-bond acceptors (Lipinski definition) is 3. The standard InChI is InChI=1S/C8H9NO2/c1-6-3-2-4-7(9)8(6)11-5-10/h2-5H,9H2,1H3. The summed E-state index contributed by atoms with van der Waals surface area (Å²) in [7, 11) is 0. The Morgan fingerprint density at radius 3 is 2.82 bits per heavy atom. The van der Waals surface area contributed by atoms with Gasteiger partial charge in [-0.1, -0.05) is 12.1 Å². The van der Waals surface area contributed by atoms with Crippen molar-refractivity contribution in [2.24, 2.45) is 0 Å². The van der Waals surface area contributed by atoms with Gasteiger partial charge in [0.25, 0.3) is 6.47 Å². The molecule has 0 spiro atoms. The van der Waals surface area contributed by atoms with Gasteiger partial charge in [0.05, 0.1) is 5.69 Å². The van der Waals surface area contributed by atoms with Gasteiger partial charge in [-0.15, -0.1) is 0 Å². The third-order valence-electron chi connectivity index (χ3n) is 1.41. The number of anilines is 1. The van der Waals surface area contributed by atoms with Crippen LogP contribution in [0.15, 0.2) is 18.2 Å². The number of hydrogen-bond donors (Lipinski definition) is 1. The average Bonchev–Trinajstić information content (AvgIpc) is 1.97. The maximum atomic E-state index is 10.0. The molecule has 2 N–H and O–H groups in total. The molecule has 0 fully saturated rings. The van der Waals surface area contributed by atoms with E-state index < -0.39 is 0 Å². The molecule has 0 bridgehead atoms. The van der Waals surface area contributed by atoms with E-state index in [9.17, 15) is 4.79 Å². The van der Waals surface area contributed by atoms with Crippen molar-refractivity contribution in [2.75, 3.05) is 5.73 Å². The number of benzene rings is 1. The molecule has 0 saturated carbocycles. The molecule has 0 aliphatic rings. The second-order valence-electron chi connectivity index (χ2n) is 2.21. The van der Waals surface area contributed by atoms with Gasteiger partial charge in [0, 0.05) is 0 Å². The number of aryl methyl sites for hydroxylation is 1. The molecule has 1 aromatic rings. The number of para-hydroxylation sites is 1. The van der Waals surface area contributed by atoms with Crippen molar-refractivity contribution in [1.29, 1.82) is 0 Å². The van der Waals surface area contributed by atoms with E-state index in [2.05, 4.69) is 4.74 Å². The Balaban J connectivity index is 3.09. The summed E-state index contributed by atoms with van der Waals surface area (Å²) in [6.45, 7) is 2.20. The second-order valence-corrected chi connectivity index (χ2v) is 2.21. The van der Waals surface area contributed by atoms with Gasteiger partial charge in [0.15, 0.2) is 5.75 Å². The minimum atomic E-state index is 0.374. The molecular weight excluding hydrogens is 142 g/mol. The monoisotopic (exact) mass is 151 g/mol. The predicted molar refractivity (Wildman–Crippen MR) is 42.3 cm³/mol. The molecule has 0 amide bonds. The molecule has 0 atom stereocenters. The fraction of sp³-hybridized carbons (Fsp3) is 0.125. The van der Waals surface area contributed by atoms with E-state index in [4.69, 9.17) is 5.73 Å². The van der Waals surface area contributed by atoms with Crippen molar-refractivity contribution in [3.63, 3.8) is 0 Å². The van der Waals surface area contributed by atoms with Gasteiger partial charge >= 0.3 is 0 Å². The van der Waals surface area contributed by atoms with Crippen molar-refractivity contribution >= 4 is 12.2 Å². The third-order valence-corrected chi connectivity index (χ3v) is 1.41. The fourth-order valence-electron chi connectivity index (χ4n) is 0.884. The van der Waals surface area contributed by atoms with Crippen LogP contribution in [0.25, 0.3) is 0 Å². The molecule has 0 unspecified atom stereocenters. The smallest absolute Gasteiger partial charge is 0.298 e. The Morgan fingerprint density at radius 1 is 1.55 bits per heavy atom. The summed E-state index contributed by atoms with van der Waals surface area (Å²) in [5.74, 6) is 0.447. The quantitative estimate of drug-likeness (QED) is 0.509. The van der Waals surface area contributed by atoms with Crippen LogP contribution in [-0.4, -0.2) is 6.47 Å². The summed E-state index contributed by atoms with van der Waals surface area (Å²) in [5, 5.41) is 0. The molecule has 58 valence electrons. The molecule has 3 heteroatoms. The lowest BCUT2D eigenvalue weighted by Crippen LogP contribution is -1.96. The Hall–Kier alpha value is -1.51. The molecule has 0 radical (unpaired) electrons. The minimum absolute atomic E-state index is 0.374. The van der Waals surface area contributed by atoms with E-state index in [1.54, 1.807) is 6.07 Å². The second kappa shape index (κ2) is 3.05. The first-order valence-corrected chi connectivity index (χ1v) is 3.21.